The molecule has 0 saturated carbocycles. The molecule has 0 aromatic heterocycles. The zero-order chi connectivity index (χ0) is 14.0. The molecule has 0 amide bonds. The molecule has 0 bridgehead atoms. The van der Waals surface area contributed by atoms with Crippen LogP contribution in [0.25, 0.3) is 0 Å². The van der Waals surface area contributed by atoms with Gasteiger partial charge in [0.05, 0.1) is 0 Å². The lowest BCUT2D eigenvalue weighted by Crippen LogP contribution is -1.97. The highest BCUT2D eigenvalue weighted by molar-refractivity contribution is 6.31. The van der Waals surface area contributed by atoms with Crippen LogP contribution in [0.1, 0.15) is 5.56 Å². The van der Waals surface area contributed by atoms with Crippen LogP contribution in [0.2, 0.25) is 5.02 Å². The number of benzene rings is 2. The molecule has 0 unspecified atom stereocenters. The lowest BCUT2D eigenvalue weighted by atomic mass is 10.2. The van der Waals surface area contributed by atoms with E-state index < -0.39 is 34.0 Å². The number of halogens is 5. The second kappa shape index (κ2) is 5.40. The van der Waals surface area contributed by atoms with Gasteiger partial charge in [-0.3, -0.25) is 0 Å². The Kier molecular flexibility index (Phi) is 3.85. The van der Waals surface area contributed by atoms with Gasteiger partial charge >= 0.3 is 0 Å². The van der Waals surface area contributed by atoms with E-state index in [0.29, 0.717) is 5.56 Å². The fraction of sp³-hybridized carbons (Fsp3) is 0. The van der Waals surface area contributed by atoms with Crippen LogP contribution in [-0.4, -0.2) is 6.21 Å². The van der Waals surface area contributed by atoms with Gasteiger partial charge in [0.1, 0.15) is 10.7 Å². The predicted molar refractivity (Wildman–Crippen MR) is 65.0 cm³/mol. The normalized spacial score (nSPS) is 11.2. The van der Waals surface area contributed by atoms with Crippen molar-refractivity contribution in [3.05, 3.63) is 64.2 Å². The van der Waals surface area contributed by atoms with E-state index >= 15 is 0 Å². The second-order valence-electron chi connectivity index (χ2n) is 3.59. The Hall–Kier alpha value is -1.88. The predicted octanol–water partition coefficient (Wildman–Crippen LogP) is 4.65. The maximum Gasteiger partial charge on any atom is 0.189 e. The number of aliphatic imine (C=N–C) groups is 1. The van der Waals surface area contributed by atoms with E-state index in [1.165, 1.54) is 0 Å². The van der Waals surface area contributed by atoms with Gasteiger partial charge in [0.2, 0.25) is 0 Å². The number of rotatable bonds is 2. The Morgan fingerprint density at radius 3 is 1.89 bits per heavy atom. The summed E-state index contributed by atoms with van der Waals surface area (Å²) in [7, 11) is 0. The monoisotopic (exact) mass is 287 g/mol. The highest BCUT2D eigenvalue weighted by Crippen LogP contribution is 2.32. The molecule has 0 spiro atoms. The van der Waals surface area contributed by atoms with E-state index in [1.54, 1.807) is 30.3 Å². The molecule has 2 aromatic carbocycles. The summed E-state index contributed by atoms with van der Waals surface area (Å²) >= 11 is 5.10. The number of nitrogens with zero attached hydrogens (tertiary/aromatic N) is 1. The Morgan fingerprint density at radius 2 is 1.37 bits per heavy atom. The maximum atomic E-state index is 13.4. The Balaban J connectivity index is 2.50. The standard InChI is InChI=1S/C13H6ClF4N/c14-8-9(15)11(17)13(12(18)10(8)16)19-6-7-4-2-1-3-5-7/h1-6H. The van der Waals surface area contributed by atoms with Crippen molar-refractivity contribution < 1.29 is 17.6 Å². The van der Waals surface area contributed by atoms with E-state index in [0.717, 1.165) is 6.21 Å². The lowest BCUT2D eigenvalue weighted by molar-refractivity contribution is 0.458. The van der Waals surface area contributed by atoms with Gasteiger partial charge in [0.15, 0.2) is 23.3 Å². The average Bonchev–Trinajstić information content (AvgIpc) is 2.44. The first-order valence-corrected chi connectivity index (χ1v) is 5.50. The third-order valence-corrected chi connectivity index (χ3v) is 2.66. The topological polar surface area (TPSA) is 12.4 Å². The largest absolute Gasteiger partial charge is 0.250 e. The molecule has 19 heavy (non-hydrogen) atoms. The summed E-state index contributed by atoms with van der Waals surface area (Å²) in [5, 5.41) is -1.23. The molecule has 0 heterocycles. The van der Waals surface area contributed by atoms with Crippen molar-refractivity contribution in [2.75, 3.05) is 0 Å². The first-order chi connectivity index (χ1) is 9.02. The summed E-state index contributed by atoms with van der Waals surface area (Å²) < 4.78 is 53.2. The molecule has 0 aliphatic rings. The fourth-order valence-corrected chi connectivity index (χ4v) is 1.55. The Bertz CT molecular complexity index is 612. The summed E-state index contributed by atoms with van der Waals surface area (Å²) in [6, 6.07) is 8.32. The Morgan fingerprint density at radius 1 is 0.842 bits per heavy atom. The molecule has 0 saturated heterocycles. The smallest absolute Gasteiger partial charge is 0.189 e. The van der Waals surface area contributed by atoms with Crippen LogP contribution in [0, 0.1) is 23.3 Å². The summed E-state index contributed by atoms with van der Waals surface area (Å²) in [6.45, 7) is 0. The highest BCUT2D eigenvalue weighted by Gasteiger charge is 2.23. The molecule has 0 atom stereocenters. The van der Waals surface area contributed by atoms with Gasteiger partial charge in [0.25, 0.3) is 0 Å². The van der Waals surface area contributed by atoms with Crippen LogP contribution in [0.4, 0.5) is 23.2 Å². The molecule has 0 radical (unpaired) electrons. The lowest BCUT2D eigenvalue weighted by Gasteiger charge is -2.04. The van der Waals surface area contributed by atoms with Crippen molar-refractivity contribution in [1.29, 1.82) is 0 Å². The molecule has 98 valence electrons. The third-order valence-electron chi connectivity index (χ3n) is 2.33. The SMILES string of the molecule is Fc1c(F)c(N=Cc2ccccc2)c(F)c(F)c1Cl. The zero-order valence-electron chi connectivity index (χ0n) is 9.30. The Labute approximate surface area is 111 Å². The van der Waals surface area contributed by atoms with Crippen LogP contribution >= 0.6 is 11.6 Å². The van der Waals surface area contributed by atoms with Crippen LogP contribution in [-0.2, 0) is 0 Å². The van der Waals surface area contributed by atoms with E-state index in [-0.39, 0.29) is 0 Å². The van der Waals surface area contributed by atoms with Crippen molar-refractivity contribution in [1.82, 2.24) is 0 Å². The molecular weight excluding hydrogens is 282 g/mol. The minimum absolute atomic E-state index is 0.525. The molecule has 0 N–H and O–H groups in total. The van der Waals surface area contributed by atoms with Crippen molar-refractivity contribution >= 4 is 23.5 Å². The second-order valence-corrected chi connectivity index (χ2v) is 3.97. The van der Waals surface area contributed by atoms with Gasteiger partial charge in [-0.05, 0) is 5.56 Å². The summed E-state index contributed by atoms with van der Waals surface area (Å²) in [5.74, 6) is -6.59. The molecule has 0 aliphatic carbocycles. The molecule has 1 nitrogen and oxygen atoms in total. The van der Waals surface area contributed by atoms with Gasteiger partial charge in [0, 0.05) is 6.21 Å². The molecule has 6 heteroatoms. The van der Waals surface area contributed by atoms with Crippen molar-refractivity contribution in [2.45, 2.75) is 0 Å². The fourth-order valence-electron chi connectivity index (χ4n) is 1.38. The van der Waals surface area contributed by atoms with Gasteiger partial charge < -0.3 is 0 Å². The summed E-state index contributed by atoms with van der Waals surface area (Å²) in [5.41, 5.74) is -0.527. The van der Waals surface area contributed by atoms with Crippen molar-refractivity contribution in [2.24, 2.45) is 4.99 Å². The third kappa shape index (κ3) is 2.61. The van der Waals surface area contributed by atoms with E-state index in [1.807, 2.05) is 0 Å². The molecule has 0 aliphatic heterocycles. The van der Waals surface area contributed by atoms with E-state index in [9.17, 15) is 17.6 Å². The quantitative estimate of drug-likeness (QED) is 0.330. The van der Waals surface area contributed by atoms with E-state index in [4.69, 9.17) is 11.6 Å². The minimum atomic E-state index is -1.67. The number of hydrogen-bond acceptors (Lipinski definition) is 1. The van der Waals surface area contributed by atoms with Crippen LogP contribution < -0.4 is 0 Å². The van der Waals surface area contributed by atoms with Crippen LogP contribution in [0.3, 0.4) is 0 Å². The zero-order valence-corrected chi connectivity index (χ0v) is 10.1. The number of hydrogen-bond donors (Lipinski definition) is 0. The maximum absolute atomic E-state index is 13.4. The molecule has 0 fully saturated rings. The first-order valence-electron chi connectivity index (χ1n) is 5.13. The summed E-state index contributed by atoms with van der Waals surface area (Å²) in [4.78, 5) is 3.42. The van der Waals surface area contributed by atoms with Crippen molar-refractivity contribution in [3.63, 3.8) is 0 Å². The van der Waals surface area contributed by atoms with Gasteiger partial charge in [-0.15, -0.1) is 0 Å². The summed E-state index contributed by atoms with van der Waals surface area (Å²) in [6.07, 6.45) is 1.09. The van der Waals surface area contributed by atoms with Crippen LogP contribution in [0.15, 0.2) is 35.3 Å². The minimum Gasteiger partial charge on any atom is -0.250 e. The molecule has 2 aromatic rings. The first kappa shape index (κ1) is 13.5. The van der Waals surface area contributed by atoms with Crippen molar-refractivity contribution in [3.8, 4) is 0 Å². The highest BCUT2D eigenvalue weighted by atomic mass is 35.5. The average molecular weight is 288 g/mol. The van der Waals surface area contributed by atoms with Crippen LogP contribution in [0.5, 0.6) is 0 Å². The van der Waals surface area contributed by atoms with Gasteiger partial charge in [-0.25, -0.2) is 22.6 Å². The van der Waals surface area contributed by atoms with Gasteiger partial charge in [-0.1, -0.05) is 41.9 Å². The molecular formula is C13H6ClF4N. The van der Waals surface area contributed by atoms with E-state index in [2.05, 4.69) is 4.99 Å². The molecule has 2 rings (SSSR count). The van der Waals surface area contributed by atoms with Gasteiger partial charge in [-0.2, -0.15) is 0 Å².